The summed E-state index contributed by atoms with van der Waals surface area (Å²) < 4.78 is 11.1. The van der Waals surface area contributed by atoms with Gasteiger partial charge in [0.15, 0.2) is 6.10 Å². The number of hydrogen-bond acceptors (Lipinski definition) is 3. The highest BCUT2D eigenvalue weighted by Crippen LogP contribution is 2.32. The van der Waals surface area contributed by atoms with Crippen LogP contribution in [-0.4, -0.2) is 17.2 Å². The summed E-state index contributed by atoms with van der Waals surface area (Å²) in [4.78, 5) is 10.9. The third-order valence-corrected chi connectivity index (χ3v) is 3.48. The van der Waals surface area contributed by atoms with Crippen LogP contribution in [0.3, 0.4) is 0 Å². The van der Waals surface area contributed by atoms with Crippen molar-refractivity contribution < 1.29 is 19.4 Å². The van der Waals surface area contributed by atoms with E-state index in [0.29, 0.717) is 24.5 Å². The molecule has 0 radical (unpaired) electrons. The molecule has 1 aliphatic rings. The standard InChI is InChI=1S/C17H16O4/c1-11-3-2-4-12(7-11)10-20-14-6-5-13-8-16(17(18)19)21-15(13)9-14/h2-7,9,16H,8,10H2,1H3,(H,18,19). The predicted molar refractivity (Wildman–Crippen MR) is 77.7 cm³/mol. The van der Waals surface area contributed by atoms with Crippen LogP contribution in [0.2, 0.25) is 0 Å². The van der Waals surface area contributed by atoms with E-state index in [-0.39, 0.29) is 0 Å². The molecule has 0 aliphatic carbocycles. The van der Waals surface area contributed by atoms with Crippen molar-refractivity contribution >= 4 is 5.97 Å². The number of aliphatic carboxylic acids is 1. The highest BCUT2D eigenvalue weighted by atomic mass is 16.5. The summed E-state index contributed by atoms with van der Waals surface area (Å²) in [6.45, 7) is 2.52. The first-order chi connectivity index (χ1) is 10.1. The number of benzene rings is 2. The molecule has 1 heterocycles. The van der Waals surface area contributed by atoms with Gasteiger partial charge in [-0.1, -0.05) is 35.9 Å². The Morgan fingerprint density at radius 1 is 1.33 bits per heavy atom. The molecule has 0 aromatic heterocycles. The Morgan fingerprint density at radius 3 is 2.95 bits per heavy atom. The first-order valence-corrected chi connectivity index (χ1v) is 6.82. The Bertz CT molecular complexity index is 678. The Balaban J connectivity index is 1.69. The molecule has 3 rings (SSSR count). The van der Waals surface area contributed by atoms with E-state index in [4.69, 9.17) is 14.6 Å². The van der Waals surface area contributed by atoms with Gasteiger partial charge in [0.1, 0.15) is 18.1 Å². The summed E-state index contributed by atoms with van der Waals surface area (Å²) in [5.74, 6) is 0.346. The fourth-order valence-electron chi connectivity index (χ4n) is 2.40. The molecule has 1 aliphatic heterocycles. The number of hydrogen-bond donors (Lipinski definition) is 1. The average molecular weight is 284 g/mol. The van der Waals surface area contributed by atoms with Crippen LogP contribution in [0.25, 0.3) is 0 Å². The zero-order valence-electron chi connectivity index (χ0n) is 11.7. The van der Waals surface area contributed by atoms with Crippen LogP contribution in [0.4, 0.5) is 0 Å². The first-order valence-electron chi connectivity index (χ1n) is 6.82. The summed E-state index contributed by atoms with van der Waals surface area (Å²) >= 11 is 0. The molecule has 0 bridgehead atoms. The number of rotatable bonds is 4. The van der Waals surface area contributed by atoms with Crippen molar-refractivity contribution in [1.29, 1.82) is 0 Å². The topological polar surface area (TPSA) is 55.8 Å². The lowest BCUT2D eigenvalue weighted by molar-refractivity contribution is -0.144. The Labute approximate surface area is 122 Å². The minimum Gasteiger partial charge on any atom is -0.489 e. The van der Waals surface area contributed by atoms with Gasteiger partial charge in [-0.15, -0.1) is 0 Å². The van der Waals surface area contributed by atoms with Crippen molar-refractivity contribution in [3.05, 3.63) is 59.2 Å². The zero-order valence-corrected chi connectivity index (χ0v) is 11.7. The molecule has 4 nitrogen and oxygen atoms in total. The number of fused-ring (bicyclic) bond motifs is 1. The first kappa shape index (κ1) is 13.5. The molecule has 1 N–H and O–H groups in total. The summed E-state index contributed by atoms with van der Waals surface area (Å²) in [7, 11) is 0. The number of carboxylic acids is 1. The van der Waals surface area contributed by atoms with Crippen LogP contribution in [0.1, 0.15) is 16.7 Å². The lowest BCUT2D eigenvalue weighted by Gasteiger charge is -2.08. The highest BCUT2D eigenvalue weighted by molar-refractivity contribution is 5.74. The average Bonchev–Trinajstić information content (AvgIpc) is 2.88. The van der Waals surface area contributed by atoms with Crippen LogP contribution >= 0.6 is 0 Å². The quantitative estimate of drug-likeness (QED) is 0.937. The van der Waals surface area contributed by atoms with E-state index in [1.54, 1.807) is 6.07 Å². The van der Waals surface area contributed by atoms with Crippen molar-refractivity contribution in [1.82, 2.24) is 0 Å². The summed E-state index contributed by atoms with van der Waals surface area (Å²) in [5, 5.41) is 8.98. The zero-order chi connectivity index (χ0) is 14.8. The second-order valence-corrected chi connectivity index (χ2v) is 5.20. The van der Waals surface area contributed by atoms with Gasteiger partial charge in [0, 0.05) is 12.5 Å². The van der Waals surface area contributed by atoms with E-state index in [1.165, 1.54) is 5.56 Å². The van der Waals surface area contributed by atoms with E-state index in [9.17, 15) is 4.79 Å². The molecule has 108 valence electrons. The molecule has 0 amide bonds. The fraction of sp³-hybridized carbons (Fsp3) is 0.235. The van der Waals surface area contributed by atoms with Gasteiger partial charge in [-0.3, -0.25) is 0 Å². The summed E-state index contributed by atoms with van der Waals surface area (Å²) in [6, 6.07) is 13.6. The van der Waals surface area contributed by atoms with Crippen molar-refractivity contribution in [3.63, 3.8) is 0 Å². The van der Waals surface area contributed by atoms with Gasteiger partial charge in [0.25, 0.3) is 0 Å². The number of aryl methyl sites for hydroxylation is 1. The maximum atomic E-state index is 10.9. The van der Waals surface area contributed by atoms with Gasteiger partial charge in [0.2, 0.25) is 0 Å². The van der Waals surface area contributed by atoms with E-state index in [1.807, 2.05) is 37.3 Å². The molecule has 0 saturated carbocycles. The Morgan fingerprint density at radius 2 is 2.19 bits per heavy atom. The van der Waals surface area contributed by atoms with E-state index in [2.05, 4.69) is 6.07 Å². The number of carbonyl (C=O) groups is 1. The van der Waals surface area contributed by atoms with Gasteiger partial charge in [0.05, 0.1) is 0 Å². The van der Waals surface area contributed by atoms with E-state index in [0.717, 1.165) is 11.1 Å². The molecule has 1 atom stereocenters. The summed E-state index contributed by atoms with van der Waals surface area (Å²) in [5.41, 5.74) is 3.20. The van der Waals surface area contributed by atoms with Gasteiger partial charge in [-0.05, 0) is 24.1 Å². The third kappa shape index (κ3) is 2.99. The van der Waals surface area contributed by atoms with Crippen LogP contribution in [0.5, 0.6) is 11.5 Å². The second-order valence-electron chi connectivity index (χ2n) is 5.20. The van der Waals surface area contributed by atoms with Gasteiger partial charge in [-0.25, -0.2) is 4.79 Å². The molecule has 21 heavy (non-hydrogen) atoms. The van der Waals surface area contributed by atoms with Crippen molar-refractivity contribution in [2.75, 3.05) is 0 Å². The lowest BCUT2D eigenvalue weighted by Crippen LogP contribution is -2.24. The molecule has 1 unspecified atom stereocenters. The summed E-state index contributed by atoms with van der Waals surface area (Å²) in [6.07, 6.45) is -0.380. The van der Waals surface area contributed by atoms with Gasteiger partial charge >= 0.3 is 5.97 Å². The molecule has 0 fully saturated rings. The van der Waals surface area contributed by atoms with E-state index >= 15 is 0 Å². The molecule has 0 spiro atoms. The normalized spacial score (nSPS) is 16.1. The maximum Gasteiger partial charge on any atom is 0.345 e. The molecule has 4 heteroatoms. The molecular formula is C17H16O4. The van der Waals surface area contributed by atoms with Crippen molar-refractivity contribution in [2.24, 2.45) is 0 Å². The maximum absolute atomic E-state index is 10.9. The SMILES string of the molecule is Cc1cccc(COc2ccc3c(c2)OC(C(=O)O)C3)c1. The predicted octanol–water partition coefficient (Wildman–Crippen LogP) is 2.96. The van der Waals surface area contributed by atoms with Crippen LogP contribution in [0, 0.1) is 6.92 Å². The van der Waals surface area contributed by atoms with Crippen LogP contribution in [-0.2, 0) is 17.8 Å². The fourth-order valence-corrected chi connectivity index (χ4v) is 2.40. The minimum absolute atomic E-state index is 0.406. The lowest BCUT2D eigenvalue weighted by atomic mass is 10.1. The molecular weight excluding hydrogens is 268 g/mol. The molecule has 2 aromatic rings. The van der Waals surface area contributed by atoms with E-state index < -0.39 is 12.1 Å². The molecule has 0 saturated heterocycles. The van der Waals surface area contributed by atoms with Crippen molar-refractivity contribution in [3.8, 4) is 11.5 Å². The molecule has 2 aromatic carbocycles. The smallest absolute Gasteiger partial charge is 0.345 e. The monoisotopic (exact) mass is 284 g/mol. The van der Waals surface area contributed by atoms with Gasteiger partial charge in [-0.2, -0.15) is 0 Å². The minimum atomic E-state index is -0.937. The Kier molecular flexibility index (Phi) is 3.52. The second kappa shape index (κ2) is 5.48. The van der Waals surface area contributed by atoms with Crippen LogP contribution in [0.15, 0.2) is 42.5 Å². The van der Waals surface area contributed by atoms with Crippen LogP contribution < -0.4 is 9.47 Å². The highest BCUT2D eigenvalue weighted by Gasteiger charge is 2.28. The number of carboxylic acid groups (broad SMARTS) is 1. The largest absolute Gasteiger partial charge is 0.489 e. The van der Waals surface area contributed by atoms with Crippen molar-refractivity contribution in [2.45, 2.75) is 26.1 Å². The third-order valence-electron chi connectivity index (χ3n) is 3.48. The van der Waals surface area contributed by atoms with Gasteiger partial charge < -0.3 is 14.6 Å². The Hall–Kier alpha value is -2.49. The number of ether oxygens (including phenoxy) is 2.